The highest BCUT2D eigenvalue weighted by molar-refractivity contribution is 7.89. The molecule has 2 heterocycles. The van der Waals surface area contributed by atoms with Crippen LogP contribution in [-0.2, 0) is 32.5 Å². The molecule has 1 atom stereocenters. The van der Waals surface area contributed by atoms with Crippen molar-refractivity contribution in [1.29, 1.82) is 0 Å². The number of anilines is 1. The van der Waals surface area contributed by atoms with Crippen molar-refractivity contribution in [1.82, 2.24) is 4.31 Å². The zero-order valence-electron chi connectivity index (χ0n) is 14.1. The number of nitrogens with one attached hydrogen (secondary N) is 1. The number of rotatable bonds is 4. The maximum atomic E-state index is 12.4. The Labute approximate surface area is 143 Å². The fourth-order valence-electron chi connectivity index (χ4n) is 3.13. The summed E-state index contributed by atoms with van der Waals surface area (Å²) in [7, 11) is -3.27. The van der Waals surface area contributed by atoms with Crippen LogP contribution < -0.4 is 5.32 Å². The molecule has 6 nitrogen and oxygen atoms in total. The van der Waals surface area contributed by atoms with Gasteiger partial charge in [-0.05, 0) is 56.4 Å². The minimum Gasteiger partial charge on any atom is -0.368 e. The summed E-state index contributed by atoms with van der Waals surface area (Å²) in [6.07, 6.45) is 1.97. The number of nitrogens with zero attached hydrogens (tertiary/aromatic N) is 1. The van der Waals surface area contributed by atoms with Crippen LogP contribution in [0.1, 0.15) is 37.8 Å². The predicted octanol–water partition coefficient (Wildman–Crippen LogP) is 1.90. The number of ether oxygens (including phenoxy) is 1. The molecule has 2 aliphatic heterocycles. The molecule has 1 saturated heterocycles. The van der Waals surface area contributed by atoms with Crippen molar-refractivity contribution in [3.05, 3.63) is 29.3 Å². The van der Waals surface area contributed by atoms with Gasteiger partial charge in [0, 0.05) is 25.4 Å². The Kier molecular flexibility index (Phi) is 4.94. The van der Waals surface area contributed by atoms with Crippen molar-refractivity contribution in [3.8, 4) is 0 Å². The molecule has 1 aromatic rings. The Bertz CT molecular complexity index is 724. The van der Waals surface area contributed by atoms with Crippen LogP contribution in [0.25, 0.3) is 0 Å². The van der Waals surface area contributed by atoms with E-state index in [4.69, 9.17) is 4.74 Å². The van der Waals surface area contributed by atoms with Gasteiger partial charge < -0.3 is 10.1 Å². The summed E-state index contributed by atoms with van der Waals surface area (Å²) in [6, 6.07) is 5.72. The molecule has 0 aromatic heterocycles. The minimum atomic E-state index is -3.27. The van der Waals surface area contributed by atoms with E-state index in [1.165, 1.54) is 4.31 Å². The van der Waals surface area contributed by atoms with Gasteiger partial charge in [-0.15, -0.1) is 0 Å². The van der Waals surface area contributed by atoms with E-state index in [9.17, 15) is 13.2 Å². The quantitative estimate of drug-likeness (QED) is 0.898. The monoisotopic (exact) mass is 352 g/mol. The highest BCUT2D eigenvalue weighted by Crippen LogP contribution is 2.26. The van der Waals surface area contributed by atoms with Gasteiger partial charge in [0.1, 0.15) is 6.10 Å². The van der Waals surface area contributed by atoms with Gasteiger partial charge in [-0.1, -0.05) is 6.07 Å². The van der Waals surface area contributed by atoms with Gasteiger partial charge in [0.15, 0.2) is 0 Å². The smallest absolute Gasteiger partial charge is 0.253 e. The lowest BCUT2D eigenvalue weighted by atomic mass is 10.0. The molecule has 1 fully saturated rings. The maximum absolute atomic E-state index is 12.4. The second-order valence-corrected chi connectivity index (χ2v) is 9.14. The molecular formula is C17H24N2O4S. The van der Waals surface area contributed by atoms with Crippen LogP contribution in [0.3, 0.4) is 0 Å². The van der Waals surface area contributed by atoms with Crippen LogP contribution in [0.2, 0.25) is 0 Å². The van der Waals surface area contributed by atoms with Crippen molar-refractivity contribution in [3.63, 3.8) is 0 Å². The molecule has 1 amide bonds. The van der Waals surface area contributed by atoms with Crippen molar-refractivity contribution in [2.75, 3.05) is 18.5 Å². The summed E-state index contributed by atoms with van der Waals surface area (Å²) in [5.41, 5.74) is 2.79. The number of benzene rings is 1. The number of carbonyl (C=O) groups excluding carboxylic acids is 1. The molecule has 0 aliphatic carbocycles. The van der Waals surface area contributed by atoms with E-state index in [0.717, 1.165) is 24.0 Å². The second kappa shape index (κ2) is 6.82. The summed E-state index contributed by atoms with van der Waals surface area (Å²) in [4.78, 5) is 12.2. The van der Waals surface area contributed by atoms with Crippen molar-refractivity contribution < 1.29 is 17.9 Å². The Morgan fingerprint density at radius 2 is 2.12 bits per heavy atom. The van der Waals surface area contributed by atoms with Crippen LogP contribution in [0.15, 0.2) is 18.2 Å². The average molecular weight is 352 g/mol. The normalized spacial score (nSPS) is 21.7. The van der Waals surface area contributed by atoms with Gasteiger partial charge in [-0.3, -0.25) is 4.79 Å². The van der Waals surface area contributed by atoms with Gasteiger partial charge in [0.2, 0.25) is 10.0 Å². The highest BCUT2D eigenvalue weighted by Gasteiger charge is 2.29. The Hall–Kier alpha value is -1.44. The Morgan fingerprint density at radius 1 is 1.33 bits per heavy atom. The lowest BCUT2D eigenvalue weighted by molar-refractivity contribution is -0.124. The molecule has 0 spiro atoms. The first-order chi connectivity index (χ1) is 11.4. The molecular weight excluding hydrogens is 328 g/mol. The zero-order chi connectivity index (χ0) is 17.3. The van der Waals surface area contributed by atoms with Gasteiger partial charge >= 0.3 is 0 Å². The largest absolute Gasteiger partial charge is 0.368 e. The molecule has 3 rings (SSSR count). The van der Waals surface area contributed by atoms with Crippen molar-refractivity contribution in [2.45, 2.75) is 51.0 Å². The first-order valence-corrected chi connectivity index (χ1v) is 9.91. The van der Waals surface area contributed by atoms with E-state index in [1.807, 2.05) is 18.2 Å². The third-order valence-electron chi connectivity index (χ3n) is 4.63. The molecule has 2 aliphatic rings. The summed E-state index contributed by atoms with van der Waals surface area (Å²) in [6.45, 7) is 4.89. The minimum absolute atomic E-state index is 0.130. The van der Waals surface area contributed by atoms with Crippen LogP contribution in [0.4, 0.5) is 5.69 Å². The third kappa shape index (κ3) is 3.48. The predicted molar refractivity (Wildman–Crippen MR) is 92.2 cm³/mol. The summed E-state index contributed by atoms with van der Waals surface area (Å²) >= 11 is 0. The van der Waals surface area contributed by atoms with E-state index >= 15 is 0 Å². The first kappa shape index (κ1) is 17.4. The van der Waals surface area contributed by atoms with E-state index in [0.29, 0.717) is 31.8 Å². The highest BCUT2D eigenvalue weighted by atomic mass is 32.2. The summed E-state index contributed by atoms with van der Waals surface area (Å²) < 4.78 is 31.7. The topological polar surface area (TPSA) is 75.7 Å². The summed E-state index contributed by atoms with van der Waals surface area (Å²) in [5, 5.41) is 2.45. The number of sulfonamides is 1. The zero-order valence-corrected chi connectivity index (χ0v) is 14.9. The van der Waals surface area contributed by atoms with E-state index in [-0.39, 0.29) is 12.0 Å². The van der Waals surface area contributed by atoms with Crippen LogP contribution in [0, 0.1) is 0 Å². The molecule has 1 aromatic carbocycles. The van der Waals surface area contributed by atoms with E-state index < -0.39 is 15.3 Å². The molecule has 0 bridgehead atoms. The number of amides is 1. The Morgan fingerprint density at radius 3 is 2.79 bits per heavy atom. The molecule has 24 heavy (non-hydrogen) atoms. The molecule has 132 valence electrons. The van der Waals surface area contributed by atoms with E-state index in [2.05, 4.69) is 5.32 Å². The fraction of sp³-hybridized carbons (Fsp3) is 0.588. The SMILES string of the molecule is CC(C)S(=O)(=O)N1CCc2ccc(NC(=O)C3CCCO3)cc2C1. The van der Waals surface area contributed by atoms with Crippen LogP contribution in [-0.4, -0.2) is 43.1 Å². The van der Waals surface area contributed by atoms with Gasteiger partial charge in [-0.25, -0.2) is 8.42 Å². The van der Waals surface area contributed by atoms with Crippen LogP contribution >= 0.6 is 0 Å². The van der Waals surface area contributed by atoms with Gasteiger partial charge in [-0.2, -0.15) is 4.31 Å². The van der Waals surface area contributed by atoms with Crippen molar-refractivity contribution >= 4 is 21.6 Å². The maximum Gasteiger partial charge on any atom is 0.253 e. The number of hydrogen-bond acceptors (Lipinski definition) is 4. The van der Waals surface area contributed by atoms with Crippen molar-refractivity contribution in [2.24, 2.45) is 0 Å². The molecule has 7 heteroatoms. The van der Waals surface area contributed by atoms with Gasteiger partial charge in [0.05, 0.1) is 5.25 Å². The van der Waals surface area contributed by atoms with E-state index in [1.54, 1.807) is 13.8 Å². The second-order valence-electron chi connectivity index (χ2n) is 6.65. The molecule has 0 radical (unpaired) electrons. The lowest BCUT2D eigenvalue weighted by Crippen LogP contribution is -2.39. The average Bonchev–Trinajstić information content (AvgIpc) is 3.08. The number of hydrogen-bond donors (Lipinski definition) is 1. The number of carbonyl (C=O) groups is 1. The summed E-state index contributed by atoms with van der Waals surface area (Å²) in [5.74, 6) is -0.130. The molecule has 1 N–H and O–H groups in total. The standard InChI is InChI=1S/C17H24N2O4S/c1-12(2)24(21,22)19-8-7-13-5-6-15(10-14(13)11-19)18-17(20)16-4-3-9-23-16/h5-6,10,12,16H,3-4,7-9,11H2,1-2H3,(H,18,20). The third-order valence-corrected chi connectivity index (χ3v) is 6.85. The molecule has 1 unspecified atom stereocenters. The fourth-order valence-corrected chi connectivity index (χ4v) is 4.39. The molecule has 0 saturated carbocycles. The number of fused-ring (bicyclic) bond motifs is 1. The Balaban J connectivity index is 1.75. The first-order valence-electron chi connectivity index (χ1n) is 8.41. The van der Waals surface area contributed by atoms with Crippen LogP contribution in [0.5, 0.6) is 0 Å². The lowest BCUT2D eigenvalue weighted by Gasteiger charge is -2.30. The van der Waals surface area contributed by atoms with Gasteiger partial charge in [0.25, 0.3) is 5.91 Å².